The fraction of sp³-hybridized carbons (Fsp3) is 0.600. The van der Waals surface area contributed by atoms with Crippen molar-refractivity contribution in [1.29, 1.82) is 0 Å². The van der Waals surface area contributed by atoms with Gasteiger partial charge in [-0.2, -0.15) is 13.2 Å². The zero-order valence-corrected chi connectivity index (χ0v) is 16.8. The monoisotopic (exact) mass is 416 g/mol. The second kappa shape index (κ2) is 8.92. The molecule has 0 bridgehead atoms. The number of alkyl halides is 3. The molecule has 0 aliphatic carbocycles. The summed E-state index contributed by atoms with van der Waals surface area (Å²) in [4.78, 5) is 25.3. The number of rotatable bonds is 5. The van der Waals surface area contributed by atoms with Gasteiger partial charge in [0.1, 0.15) is 11.6 Å². The lowest BCUT2D eigenvalue weighted by atomic mass is 9.98. The molecule has 1 saturated heterocycles. The van der Waals surface area contributed by atoms with E-state index in [-0.39, 0.29) is 5.56 Å². The third-order valence-electron chi connectivity index (χ3n) is 4.53. The molecular weight excluding hydrogens is 389 g/mol. The van der Waals surface area contributed by atoms with Crippen LogP contribution in [0.4, 0.5) is 23.7 Å². The number of hydrogen-bond donors (Lipinski definition) is 2. The number of halogens is 3. The number of aliphatic carboxylic acids is 1. The summed E-state index contributed by atoms with van der Waals surface area (Å²) in [5.41, 5.74) is -1.48. The summed E-state index contributed by atoms with van der Waals surface area (Å²) in [5.74, 6) is -1.44. The van der Waals surface area contributed by atoms with Crippen LogP contribution in [0.15, 0.2) is 18.2 Å². The number of carboxylic acid groups (broad SMARTS) is 1. The Morgan fingerprint density at radius 1 is 1.17 bits per heavy atom. The molecule has 6 nitrogen and oxygen atoms in total. The summed E-state index contributed by atoms with van der Waals surface area (Å²) in [6.07, 6.45) is -3.26. The molecule has 1 aromatic rings. The average molecular weight is 416 g/mol. The van der Waals surface area contributed by atoms with Gasteiger partial charge in [-0.05, 0) is 57.7 Å². The Morgan fingerprint density at radius 2 is 1.79 bits per heavy atom. The van der Waals surface area contributed by atoms with Crippen LogP contribution in [-0.2, 0) is 22.1 Å². The van der Waals surface area contributed by atoms with Crippen LogP contribution < -0.4 is 10.2 Å². The topological polar surface area (TPSA) is 78.9 Å². The highest BCUT2D eigenvalue weighted by Crippen LogP contribution is 2.36. The minimum absolute atomic E-state index is 0.193. The zero-order valence-electron chi connectivity index (χ0n) is 16.8. The van der Waals surface area contributed by atoms with Crippen molar-refractivity contribution in [2.75, 3.05) is 18.0 Å². The molecule has 2 rings (SSSR count). The van der Waals surface area contributed by atoms with Crippen molar-refractivity contribution < 1.29 is 32.6 Å². The molecule has 1 aliphatic rings. The average Bonchev–Trinajstić information content (AvgIpc) is 2.59. The number of amides is 1. The maximum Gasteiger partial charge on any atom is 0.416 e. The van der Waals surface area contributed by atoms with Gasteiger partial charge in [0.05, 0.1) is 5.56 Å². The number of benzene rings is 1. The molecule has 0 aromatic heterocycles. The highest BCUT2D eigenvalue weighted by molar-refractivity contribution is 5.80. The Hall–Kier alpha value is -2.45. The Morgan fingerprint density at radius 3 is 2.31 bits per heavy atom. The number of hydrogen-bond acceptors (Lipinski definition) is 4. The van der Waals surface area contributed by atoms with Crippen LogP contribution in [0.25, 0.3) is 0 Å². The number of carbonyl (C=O) groups excluding carboxylic acids is 1. The predicted molar refractivity (Wildman–Crippen MR) is 102 cm³/mol. The molecule has 29 heavy (non-hydrogen) atoms. The largest absolute Gasteiger partial charge is 0.480 e. The summed E-state index contributed by atoms with van der Waals surface area (Å²) in [5, 5.41) is 11.5. The van der Waals surface area contributed by atoms with Gasteiger partial charge in [-0.1, -0.05) is 6.07 Å². The third-order valence-corrected chi connectivity index (χ3v) is 4.53. The van der Waals surface area contributed by atoms with Crippen LogP contribution in [0.3, 0.4) is 0 Å². The summed E-state index contributed by atoms with van der Waals surface area (Å²) in [7, 11) is 0. The van der Waals surface area contributed by atoms with Crippen LogP contribution in [0, 0.1) is 0 Å². The Balaban J connectivity index is 2.26. The van der Waals surface area contributed by atoms with Gasteiger partial charge >= 0.3 is 18.2 Å². The van der Waals surface area contributed by atoms with Crippen molar-refractivity contribution in [1.82, 2.24) is 5.32 Å². The molecule has 1 heterocycles. The fourth-order valence-electron chi connectivity index (χ4n) is 3.22. The number of carboxylic acids is 1. The molecular formula is C20H27F3N2O4. The van der Waals surface area contributed by atoms with Crippen molar-refractivity contribution in [3.63, 3.8) is 0 Å². The highest BCUT2D eigenvalue weighted by atomic mass is 19.4. The summed E-state index contributed by atoms with van der Waals surface area (Å²) in [6.45, 7) is 6.18. The van der Waals surface area contributed by atoms with Crippen molar-refractivity contribution in [3.8, 4) is 0 Å². The van der Waals surface area contributed by atoms with Crippen LogP contribution in [0.2, 0.25) is 0 Å². The molecule has 0 radical (unpaired) electrons. The van der Waals surface area contributed by atoms with E-state index in [0.29, 0.717) is 18.8 Å². The van der Waals surface area contributed by atoms with Gasteiger partial charge < -0.3 is 20.1 Å². The lowest BCUT2D eigenvalue weighted by Crippen LogP contribution is -2.45. The van der Waals surface area contributed by atoms with Crippen LogP contribution in [0.5, 0.6) is 0 Å². The van der Waals surface area contributed by atoms with Crippen molar-refractivity contribution >= 4 is 17.7 Å². The molecule has 0 saturated carbocycles. The number of anilines is 1. The van der Waals surface area contributed by atoms with E-state index in [0.717, 1.165) is 25.3 Å². The SMILES string of the molecule is CC(C)(C)OC(=O)NC(Cc1ccc(N2CCCCC2)cc1C(F)(F)F)C(=O)O. The highest BCUT2D eigenvalue weighted by Gasteiger charge is 2.36. The number of ether oxygens (including phenoxy) is 1. The van der Waals surface area contributed by atoms with Crippen molar-refractivity contribution in [2.45, 2.75) is 64.3 Å². The van der Waals surface area contributed by atoms with E-state index >= 15 is 0 Å². The van der Waals surface area contributed by atoms with E-state index in [4.69, 9.17) is 4.74 Å². The maximum atomic E-state index is 13.7. The van der Waals surface area contributed by atoms with Gasteiger partial charge in [-0.3, -0.25) is 0 Å². The second-order valence-corrected chi connectivity index (χ2v) is 8.13. The van der Waals surface area contributed by atoms with Gasteiger partial charge in [0.25, 0.3) is 0 Å². The number of nitrogens with one attached hydrogen (secondary N) is 1. The molecule has 0 spiro atoms. The van der Waals surface area contributed by atoms with E-state index in [9.17, 15) is 27.9 Å². The number of piperidine rings is 1. The quantitative estimate of drug-likeness (QED) is 0.752. The number of carbonyl (C=O) groups is 2. The predicted octanol–water partition coefficient (Wildman–Crippen LogP) is 4.22. The third kappa shape index (κ3) is 6.83. The van der Waals surface area contributed by atoms with Gasteiger partial charge in [0, 0.05) is 25.2 Å². The zero-order chi connectivity index (χ0) is 21.8. The first-order chi connectivity index (χ1) is 13.4. The van der Waals surface area contributed by atoms with E-state index < -0.39 is 41.9 Å². The van der Waals surface area contributed by atoms with E-state index in [1.165, 1.54) is 6.07 Å². The molecule has 162 valence electrons. The van der Waals surface area contributed by atoms with Crippen molar-refractivity contribution in [2.24, 2.45) is 0 Å². The number of nitrogens with zero attached hydrogens (tertiary/aromatic N) is 1. The molecule has 1 atom stereocenters. The minimum Gasteiger partial charge on any atom is -0.480 e. The number of alkyl carbamates (subject to hydrolysis) is 1. The van der Waals surface area contributed by atoms with Gasteiger partial charge in [-0.15, -0.1) is 0 Å². The molecule has 1 aromatic carbocycles. The minimum atomic E-state index is -4.64. The van der Waals surface area contributed by atoms with Crippen LogP contribution >= 0.6 is 0 Å². The summed E-state index contributed by atoms with van der Waals surface area (Å²) >= 11 is 0. The first-order valence-electron chi connectivity index (χ1n) is 9.54. The summed E-state index contributed by atoms with van der Waals surface area (Å²) in [6, 6.07) is 2.38. The van der Waals surface area contributed by atoms with Gasteiger partial charge in [0.2, 0.25) is 0 Å². The molecule has 1 unspecified atom stereocenters. The second-order valence-electron chi connectivity index (χ2n) is 8.13. The van der Waals surface area contributed by atoms with Crippen molar-refractivity contribution in [3.05, 3.63) is 29.3 Å². The molecule has 9 heteroatoms. The Bertz CT molecular complexity index is 738. The Kier molecular flexibility index (Phi) is 7.02. The standard InChI is InChI=1S/C20H27F3N2O4/c1-19(2,3)29-18(28)24-16(17(26)27)11-13-7-8-14(12-15(13)20(21,22)23)25-9-5-4-6-10-25/h7-8,12,16H,4-6,9-11H2,1-3H3,(H,24,28)(H,26,27). The molecule has 2 N–H and O–H groups in total. The smallest absolute Gasteiger partial charge is 0.416 e. The fourth-order valence-corrected chi connectivity index (χ4v) is 3.22. The molecule has 1 fully saturated rings. The van der Waals surface area contributed by atoms with Crippen LogP contribution in [-0.4, -0.2) is 41.9 Å². The van der Waals surface area contributed by atoms with Gasteiger partial charge in [0.15, 0.2) is 0 Å². The van der Waals surface area contributed by atoms with E-state index in [1.54, 1.807) is 26.8 Å². The maximum absolute atomic E-state index is 13.7. The lowest BCUT2D eigenvalue weighted by molar-refractivity contribution is -0.141. The van der Waals surface area contributed by atoms with E-state index in [1.807, 2.05) is 4.90 Å². The Labute approximate surface area is 168 Å². The molecule has 1 aliphatic heterocycles. The van der Waals surface area contributed by atoms with E-state index in [2.05, 4.69) is 5.32 Å². The normalized spacial score (nSPS) is 16.3. The van der Waals surface area contributed by atoms with Gasteiger partial charge in [-0.25, -0.2) is 9.59 Å². The first-order valence-corrected chi connectivity index (χ1v) is 9.54. The van der Waals surface area contributed by atoms with Crippen LogP contribution in [0.1, 0.15) is 51.2 Å². The summed E-state index contributed by atoms with van der Waals surface area (Å²) < 4.78 is 46.0. The first kappa shape index (κ1) is 22.8. The molecule has 1 amide bonds. The lowest BCUT2D eigenvalue weighted by Gasteiger charge is -2.30.